The highest BCUT2D eigenvalue weighted by Gasteiger charge is 2.29. The fourth-order valence-corrected chi connectivity index (χ4v) is 2.53. The van der Waals surface area contributed by atoms with E-state index in [0.29, 0.717) is 11.6 Å². The minimum atomic E-state index is 0.354. The van der Waals surface area contributed by atoms with E-state index < -0.39 is 0 Å². The van der Waals surface area contributed by atoms with Crippen LogP contribution in [-0.2, 0) is 0 Å². The van der Waals surface area contributed by atoms with Crippen LogP contribution in [0.3, 0.4) is 0 Å². The summed E-state index contributed by atoms with van der Waals surface area (Å²) in [4.78, 5) is 2.59. The fourth-order valence-electron chi connectivity index (χ4n) is 2.53. The molecule has 90 valence electrons. The Kier molecular flexibility index (Phi) is 5.07. The molecule has 2 N–H and O–H groups in total. The number of likely N-dealkylation sites (tertiary alicyclic amines) is 1. The summed E-state index contributed by atoms with van der Waals surface area (Å²) < 4.78 is 0. The van der Waals surface area contributed by atoms with Crippen LogP contribution >= 0.6 is 0 Å². The Hall–Kier alpha value is -0.0800. The molecule has 0 aliphatic carbocycles. The average Bonchev–Trinajstić information content (AvgIpc) is 2.18. The van der Waals surface area contributed by atoms with Gasteiger partial charge in [-0.25, -0.2) is 0 Å². The minimum absolute atomic E-state index is 0.354. The van der Waals surface area contributed by atoms with E-state index in [1.807, 2.05) is 0 Å². The van der Waals surface area contributed by atoms with Crippen molar-refractivity contribution in [2.45, 2.75) is 70.9 Å². The van der Waals surface area contributed by atoms with Gasteiger partial charge in [0.05, 0.1) is 0 Å². The van der Waals surface area contributed by atoms with E-state index in [4.69, 9.17) is 5.73 Å². The highest BCUT2D eigenvalue weighted by atomic mass is 15.2. The van der Waals surface area contributed by atoms with Crippen LogP contribution in [0.5, 0.6) is 0 Å². The third-order valence-corrected chi connectivity index (χ3v) is 3.71. The number of rotatable bonds is 5. The van der Waals surface area contributed by atoms with Gasteiger partial charge in [0.25, 0.3) is 0 Å². The molecule has 1 atom stereocenters. The van der Waals surface area contributed by atoms with E-state index in [0.717, 1.165) is 6.54 Å². The van der Waals surface area contributed by atoms with Crippen LogP contribution in [0.1, 0.15) is 59.3 Å². The topological polar surface area (TPSA) is 29.3 Å². The van der Waals surface area contributed by atoms with Crippen LogP contribution in [0.2, 0.25) is 0 Å². The maximum Gasteiger partial charge on any atom is 0.0168 e. The van der Waals surface area contributed by atoms with Gasteiger partial charge in [0.1, 0.15) is 0 Å². The Morgan fingerprint density at radius 1 is 1.33 bits per heavy atom. The largest absolute Gasteiger partial charge is 0.327 e. The van der Waals surface area contributed by atoms with E-state index in [1.165, 1.54) is 45.1 Å². The lowest BCUT2D eigenvalue weighted by atomic mass is 9.91. The molecule has 0 aromatic carbocycles. The Balaban J connectivity index is 2.37. The molecule has 1 unspecified atom stereocenters. The maximum atomic E-state index is 6.03. The molecule has 0 aromatic heterocycles. The summed E-state index contributed by atoms with van der Waals surface area (Å²) in [6.07, 6.45) is 7.83. The van der Waals surface area contributed by atoms with Gasteiger partial charge in [0.2, 0.25) is 0 Å². The van der Waals surface area contributed by atoms with Gasteiger partial charge in [-0.3, -0.25) is 4.90 Å². The van der Waals surface area contributed by atoms with Gasteiger partial charge < -0.3 is 5.73 Å². The predicted octanol–water partition coefficient (Wildman–Crippen LogP) is 2.77. The molecule has 2 nitrogen and oxygen atoms in total. The van der Waals surface area contributed by atoms with Gasteiger partial charge in [0.15, 0.2) is 0 Å². The van der Waals surface area contributed by atoms with Crippen LogP contribution in [0.25, 0.3) is 0 Å². The quantitative estimate of drug-likeness (QED) is 0.710. The first-order chi connectivity index (χ1) is 7.06. The zero-order valence-corrected chi connectivity index (χ0v) is 10.8. The summed E-state index contributed by atoms with van der Waals surface area (Å²) in [6, 6.07) is 0.407. The molecule has 1 fully saturated rings. The lowest BCUT2D eigenvalue weighted by Gasteiger charge is -2.43. The number of nitrogens with zero attached hydrogens (tertiary/aromatic N) is 1. The Morgan fingerprint density at radius 3 is 2.67 bits per heavy atom. The fraction of sp³-hybridized carbons (Fsp3) is 1.00. The molecule has 15 heavy (non-hydrogen) atoms. The summed E-state index contributed by atoms with van der Waals surface area (Å²) in [6.45, 7) is 9.36. The number of hydrogen-bond acceptors (Lipinski definition) is 2. The van der Waals surface area contributed by atoms with Crippen LogP contribution in [0.15, 0.2) is 0 Å². The summed E-state index contributed by atoms with van der Waals surface area (Å²) in [5.41, 5.74) is 6.39. The second-order valence-corrected chi connectivity index (χ2v) is 5.62. The van der Waals surface area contributed by atoms with Gasteiger partial charge in [-0.05, 0) is 39.7 Å². The summed E-state index contributed by atoms with van der Waals surface area (Å²) in [7, 11) is 0. The van der Waals surface area contributed by atoms with Crippen molar-refractivity contribution >= 4 is 0 Å². The Labute approximate surface area is 95.2 Å². The minimum Gasteiger partial charge on any atom is -0.327 e. The van der Waals surface area contributed by atoms with Crippen molar-refractivity contribution in [3.63, 3.8) is 0 Å². The molecule has 2 heteroatoms. The lowest BCUT2D eigenvalue weighted by molar-refractivity contribution is 0.0766. The standard InChI is InChI=1S/C13H28N2/c1-4-5-6-9-13(2,3)15-10-7-8-12(14)11-15/h12H,4-11,14H2,1-3H3. The first-order valence-electron chi connectivity index (χ1n) is 6.57. The molecule has 1 rings (SSSR count). The van der Waals surface area contributed by atoms with Crippen LogP contribution in [0, 0.1) is 0 Å². The zero-order chi connectivity index (χ0) is 11.3. The highest BCUT2D eigenvalue weighted by molar-refractivity contribution is 4.87. The number of nitrogens with two attached hydrogens (primary N) is 1. The molecule has 0 saturated carbocycles. The SMILES string of the molecule is CCCCCC(C)(C)N1CCCC(N)C1. The molecule has 0 radical (unpaired) electrons. The van der Waals surface area contributed by atoms with Gasteiger partial charge in [0, 0.05) is 18.1 Å². The summed E-state index contributed by atoms with van der Waals surface area (Å²) in [5.74, 6) is 0. The molecule has 0 bridgehead atoms. The Morgan fingerprint density at radius 2 is 2.07 bits per heavy atom. The number of hydrogen-bond donors (Lipinski definition) is 1. The molecule has 1 heterocycles. The molecule has 0 aromatic rings. The first kappa shape index (κ1) is 13.0. The average molecular weight is 212 g/mol. The third-order valence-electron chi connectivity index (χ3n) is 3.71. The molecule has 1 aliphatic rings. The maximum absolute atomic E-state index is 6.03. The zero-order valence-electron chi connectivity index (χ0n) is 10.8. The third kappa shape index (κ3) is 4.12. The molecular formula is C13H28N2. The van der Waals surface area contributed by atoms with Gasteiger partial charge in [-0.15, -0.1) is 0 Å². The highest BCUT2D eigenvalue weighted by Crippen LogP contribution is 2.25. The van der Waals surface area contributed by atoms with Gasteiger partial charge in [-0.1, -0.05) is 26.2 Å². The monoisotopic (exact) mass is 212 g/mol. The van der Waals surface area contributed by atoms with Crippen molar-refractivity contribution in [3.05, 3.63) is 0 Å². The molecule has 1 saturated heterocycles. The molecule has 0 spiro atoms. The summed E-state index contributed by atoms with van der Waals surface area (Å²) >= 11 is 0. The number of unbranched alkanes of at least 4 members (excludes halogenated alkanes) is 2. The normalized spacial score (nSPS) is 24.4. The smallest absolute Gasteiger partial charge is 0.0168 e. The Bertz CT molecular complexity index is 177. The van der Waals surface area contributed by atoms with Crippen LogP contribution < -0.4 is 5.73 Å². The number of piperidine rings is 1. The van der Waals surface area contributed by atoms with Gasteiger partial charge >= 0.3 is 0 Å². The van der Waals surface area contributed by atoms with Crippen molar-refractivity contribution in [2.24, 2.45) is 5.73 Å². The molecular weight excluding hydrogens is 184 g/mol. The van der Waals surface area contributed by atoms with E-state index in [9.17, 15) is 0 Å². The van der Waals surface area contributed by atoms with Crippen molar-refractivity contribution in [1.82, 2.24) is 4.90 Å². The van der Waals surface area contributed by atoms with Crippen molar-refractivity contribution in [2.75, 3.05) is 13.1 Å². The lowest BCUT2D eigenvalue weighted by Crippen LogP contribution is -2.52. The van der Waals surface area contributed by atoms with Crippen molar-refractivity contribution < 1.29 is 0 Å². The van der Waals surface area contributed by atoms with Gasteiger partial charge in [-0.2, -0.15) is 0 Å². The van der Waals surface area contributed by atoms with Crippen LogP contribution in [0.4, 0.5) is 0 Å². The summed E-state index contributed by atoms with van der Waals surface area (Å²) in [5, 5.41) is 0. The predicted molar refractivity (Wildman–Crippen MR) is 67.0 cm³/mol. The van der Waals surface area contributed by atoms with E-state index in [-0.39, 0.29) is 0 Å². The van der Waals surface area contributed by atoms with Crippen molar-refractivity contribution in [1.29, 1.82) is 0 Å². The molecule has 1 aliphatic heterocycles. The van der Waals surface area contributed by atoms with E-state index in [1.54, 1.807) is 0 Å². The first-order valence-corrected chi connectivity index (χ1v) is 6.57. The van der Waals surface area contributed by atoms with Crippen molar-refractivity contribution in [3.8, 4) is 0 Å². The molecule has 0 amide bonds. The van der Waals surface area contributed by atoms with Crippen LogP contribution in [-0.4, -0.2) is 29.6 Å². The second kappa shape index (κ2) is 5.86. The van der Waals surface area contributed by atoms with E-state index >= 15 is 0 Å². The second-order valence-electron chi connectivity index (χ2n) is 5.62. The van der Waals surface area contributed by atoms with E-state index in [2.05, 4.69) is 25.7 Å².